The highest BCUT2D eigenvalue weighted by molar-refractivity contribution is 7.98. The maximum absolute atomic E-state index is 13.9. The Morgan fingerprint density at radius 1 is 1.00 bits per heavy atom. The van der Waals surface area contributed by atoms with Gasteiger partial charge in [0.2, 0.25) is 0 Å². The van der Waals surface area contributed by atoms with Crippen LogP contribution in [0.15, 0.2) is 59.1 Å². The van der Waals surface area contributed by atoms with Gasteiger partial charge in [0.1, 0.15) is 5.82 Å². The van der Waals surface area contributed by atoms with E-state index in [9.17, 15) is 17.6 Å². The van der Waals surface area contributed by atoms with Crippen molar-refractivity contribution in [1.29, 1.82) is 0 Å². The number of pyridine rings is 1. The van der Waals surface area contributed by atoms with Crippen molar-refractivity contribution in [2.75, 3.05) is 0 Å². The van der Waals surface area contributed by atoms with Gasteiger partial charge in [0.05, 0.1) is 21.7 Å². The summed E-state index contributed by atoms with van der Waals surface area (Å²) in [5.74, 6) is -0.163. The molecule has 38 heavy (non-hydrogen) atoms. The summed E-state index contributed by atoms with van der Waals surface area (Å²) in [4.78, 5) is 5.95. The molecule has 2 aromatic carbocycles. The van der Waals surface area contributed by atoms with E-state index in [0.717, 1.165) is 50.3 Å². The molecule has 0 aliphatic rings. The second-order valence-electron chi connectivity index (χ2n) is 9.39. The van der Waals surface area contributed by atoms with Crippen LogP contribution in [0, 0.1) is 19.7 Å². The minimum atomic E-state index is -4.62. The summed E-state index contributed by atoms with van der Waals surface area (Å²) in [5, 5.41) is 12.4. The lowest BCUT2D eigenvalue weighted by molar-refractivity contribution is -0.137. The van der Waals surface area contributed by atoms with Crippen molar-refractivity contribution in [3.63, 3.8) is 0 Å². The molecule has 0 unspecified atom stereocenters. The maximum Gasteiger partial charge on any atom is 0.416 e. The number of hydrogen-bond acceptors (Lipinski definition) is 5. The van der Waals surface area contributed by atoms with Crippen molar-refractivity contribution in [2.45, 2.75) is 50.8 Å². The first-order valence-corrected chi connectivity index (χ1v) is 13.8. The zero-order valence-corrected chi connectivity index (χ0v) is 22.7. The number of fused-ring (bicyclic) bond motifs is 1. The van der Waals surface area contributed by atoms with Gasteiger partial charge >= 0.3 is 6.18 Å². The normalized spacial score (nSPS) is 12.1. The predicted octanol–water partition coefficient (Wildman–Crippen LogP) is 8.87. The molecule has 0 N–H and O–H groups in total. The molecule has 0 saturated heterocycles. The molecule has 0 bridgehead atoms. The summed E-state index contributed by atoms with van der Waals surface area (Å²) in [7, 11) is 0. The average molecular weight is 557 g/mol. The number of rotatable bonds is 6. The molecule has 0 amide bonds. The van der Waals surface area contributed by atoms with E-state index in [1.165, 1.54) is 11.8 Å². The van der Waals surface area contributed by atoms with Crippen LogP contribution in [0.1, 0.15) is 42.1 Å². The van der Waals surface area contributed by atoms with Crippen LogP contribution in [0.3, 0.4) is 0 Å². The standard InChI is InChI=1S/C28H24F4N4S2/c1-15(2)36-26(34-35-27(36)38-14-18-10-19(28(30,31)32)12-20(29)11-18)22-13-24(25-6-5-7-37-25)33-23-9-17(4)16(3)8-21(22)23/h5-13,15H,14H2,1-4H3. The molecule has 0 atom stereocenters. The van der Waals surface area contributed by atoms with Gasteiger partial charge in [-0.15, -0.1) is 21.5 Å². The minimum absolute atomic E-state index is 0.0410. The summed E-state index contributed by atoms with van der Waals surface area (Å²) in [6, 6.07) is 12.7. The smallest absolute Gasteiger partial charge is 0.299 e. The van der Waals surface area contributed by atoms with Crippen LogP contribution in [0.5, 0.6) is 0 Å². The average Bonchev–Trinajstić information content (AvgIpc) is 3.52. The van der Waals surface area contributed by atoms with Gasteiger partial charge in [0.25, 0.3) is 0 Å². The van der Waals surface area contributed by atoms with Gasteiger partial charge in [-0.05, 0) is 92.2 Å². The van der Waals surface area contributed by atoms with E-state index in [4.69, 9.17) is 4.98 Å². The third-order valence-corrected chi connectivity index (χ3v) is 8.18. The Morgan fingerprint density at radius 2 is 1.76 bits per heavy atom. The lowest BCUT2D eigenvalue weighted by Crippen LogP contribution is -2.07. The number of hydrogen-bond donors (Lipinski definition) is 0. The Hall–Kier alpha value is -3.24. The van der Waals surface area contributed by atoms with Gasteiger partial charge in [-0.1, -0.05) is 17.8 Å². The molecule has 5 aromatic rings. The van der Waals surface area contributed by atoms with Crippen LogP contribution >= 0.6 is 23.1 Å². The Kier molecular flexibility index (Phi) is 7.04. The molecule has 0 fully saturated rings. The SMILES string of the molecule is Cc1cc2nc(-c3cccs3)cc(-c3nnc(SCc4cc(F)cc(C(F)(F)F)c4)n3C(C)C)c2cc1C. The Labute approximate surface area is 225 Å². The van der Waals surface area contributed by atoms with Crippen molar-refractivity contribution in [3.05, 3.63) is 82.0 Å². The molecule has 0 aliphatic heterocycles. The highest BCUT2D eigenvalue weighted by atomic mass is 32.2. The molecule has 10 heteroatoms. The third kappa shape index (κ3) is 5.19. The number of aryl methyl sites for hydroxylation is 2. The van der Waals surface area contributed by atoms with E-state index in [0.29, 0.717) is 17.0 Å². The zero-order chi connectivity index (χ0) is 27.2. The summed E-state index contributed by atoms with van der Waals surface area (Å²) in [6.07, 6.45) is -4.62. The van der Waals surface area contributed by atoms with Gasteiger partial charge in [-0.2, -0.15) is 13.2 Å². The largest absolute Gasteiger partial charge is 0.416 e. The van der Waals surface area contributed by atoms with E-state index >= 15 is 0 Å². The van der Waals surface area contributed by atoms with Gasteiger partial charge in [0.15, 0.2) is 11.0 Å². The fourth-order valence-corrected chi connectivity index (χ4v) is 5.97. The molecular weight excluding hydrogens is 532 g/mol. The molecule has 0 saturated carbocycles. The van der Waals surface area contributed by atoms with Crippen LogP contribution in [0.25, 0.3) is 32.9 Å². The van der Waals surface area contributed by atoms with Gasteiger partial charge in [0, 0.05) is 22.7 Å². The molecule has 5 rings (SSSR count). The number of nitrogens with zero attached hydrogens (tertiary/aromatic N) is 4. The van der Waals surface area contributed by atoms with Crippen LogP contribution in [-0.4, -0.2) is 19.7 Å². The third-order valence-electron chi connectivity index (χ3n) is 6.27. The second-order valence-corrected chi connectivity index (χ2v) is 11.3. The number of halogens is 4. The van der Waals surface area contributed by atoms with Crippen LogP contribution < -0.4 is 0 Å². The van der Waals surface area contributed by atoms with Crippen molar-refractivity contribution < 1.29 is 17.6 Å². The van der Waals surface area contributed by atoms with Gasteiger partial charge in [-0.25, -0.2) is 9.37 Å². The Balaban J connectivity index is 1.59. The molecule has 0 spiro atoms. The van der Waals surface area contributed by atoms with E-state index in [2.05, 4.69) is 29.3 Å². The molecular formula is C28H24F4N4S2. The van der Waals surface area contributed by atoms with Crippen molar-refractivity contribution >= 4 is 34.0 Å². The second kappa shape index (κ2) is 10.1. The van der Waals surface area contributed by atoms with E-state index < -0.39 is 17.6 Å². The number of thiophene rings is 1. The lowest BCUT2D eigenvalue weighted by Gasteiger charge is -2.16. The van der Waals surface area contributed by atoms with E-state index in [1.807, 2.05) is 48.9 Å². The fraction of sp³-hybridized carbons (Fsp3) is 0.250. The molecule has 3 aromatic heterocycles. The number of aromatic nitrogens is 4. The first kappa shape index (κ1) is 26.4. The number of alkyl halides is 3. The quantitative estimate of drug-likeness (QED) is 0.155. The Morgan fingerprint density at radius 3 is 2.45 bits per heavy atom. The number of thioether (sulfide) groups is 1. The lowest BCUT2D eigenvalue weighted by atomic mass is 10.0. The maximum atomic E-state index is 13.9. The molecule has 3 heterocycles. The molecule has 0 aliphatic carbocycles. The molecule has 196 valence electrons. The highest BCUT2D eigenvalue weighted by Gasteiger charge is 2.31. The topological polar surface area (TPSA) is 43.6 Å². The predicted molar refractivity (Wildman–Crippen MR) is 145 cm³/mol. The molecule has 0 radical (unpaired) electrons. The number of benzene rings is 2. The zero-order valence-electron chi connectivity index (χ0n) is 21.1. The van der Waals surface area contributed by atoms with Crippen molar-refractivity contribution in [2.24, 2.45) is 0 Å². The molecule has 4 nitrogen and oxygen atoms in total. The summed E-state index contributed by atoms with van der Waals surface area (Å²) in [5.41, 5.74) is 4.03. The van der Waals surface area contributed by atoms with Crippen molar-refractivity contribution in [3.8, 4) is 22.0 Å². The summed E-state index contributed by atoms with van der Waals surface area (Å²) >= 11 is 2.83. The fourth-order valence-electron chi connectivity index (χ4n) is 4.29. The monoisotopic (exact) mass is 556 g/mol. The minimum Gasteiger partial charge on any atom is -0.299 e. The van der Waals surface area contributed by atoms with Crippen LogP contribution in [0.2, 0.25) is 0 Å². The van der Waals surface area contributed by atoms with Gasteiger partial charge < -0.3 is 0 Å². The van der Waals surface area contributed by atoms with Gasteiger partial charge in [-0.3, -0.25) is 4.57 Å². The van der Waals surface area contributed by atoms with Crippen molar-refractivity contribution in [1.82, 2.24) is 19.7 Å². The highest BCUT2D eigenvalue weighted by Crippen LogP contribution is 2.37. The first-order chi connectivity index (χ1) is 18.0. The van der Waals surface area contributed by atoms with E-state index in [1.54, 1.807) is 11.3 Å². The van der Waals surface area contributed by atoms with Crippen LogP contribution in [-0.2, 0) is 11.9 Å². The first-order valence-electron chi connectivity index (χ1n) is 11.9. The van der Waals surface area contributed by atoms with Crippen LogP contribution in [0.4, 0.5) is 17.6 Å². The summed E-state index contributed by atoms with van der Waals surface area (Å²) in [6.45, 7) is 8.10. The Bertz CT molecular complexity index is 1620. The summed E-state index contributed by atoms with van der Waals surface area (Å²) < 4.78 is 55.5. The van der Waals surface area contributed by atoms with E-state index in [-0.39, 0.29) is 17.4 Å².